The van der Waals surface area contributed by atoms with Crippen molar-refractivity contribution >= 4 is 5.91 Å². The van der Waals surface area contributed by atoms with Crippen molar-refractivity contribution in [3.8, 4) is 0 Å². The summed E-state index contributed by atoms with van der Waals surface area (Å²) < 4.78 is 41.3. The van der Waals surface area contributed by atoms with Gasteiger partial charge in [0, 0.05) is 18.3 Å². The molecular weight excluding hydrogens is 309 g/mol. The maximum atomic E-state index is 13.2. The van der Waals surface area contributed by atoms with Crippen LogP contribution in [0.4, 0.5) is 13.2 Å². The number of amides is 1. The Morgan fingerprint density at radius 2 is 1.91 bits per heavy atom. The number of alkyl halides is 3. The molecule has 1 aromatic heterocycles. The highest BCUT2D eigenvalue weighted by molar-refractivity contribution is 5.92. The molecule has 2 N–H and O–H groups in total. The molecule has 1 aromatic rings. The zero-order valence-corrected chi connectivity index (χ0v) is 13.8. The fourth-order valence-corrected chi connectivity index (χ4v) is 2.97. The van der Waals surface area contributed by atoms with Gasteiger partial charge in [0.05, 0.1) is 5.54 Å². The molecule has 1 saturated heterocycles. The Bertz CT molecular complexity index is 589. The molecule has 0 spiro atoms. The summed E-state index contributed by atoms with van der Waals surface area (Å²) in [6.45, 7) is 7.41. The van der Waals surface area contributed by atoms with E-state index in [-0.39, 0.29) is 30.6 Å². The third kappa shape index (κ3) is 3.68. The quantitative estimate of drug-likeness (QED) is 0.859. The van der Waals surface area contributed by atoms with Gasteiger partial charge in [0.15, 0.2) is 5.69 Å². The van der Waals surface area contributed by atoms with Crippen LogP contribution in [-0.4, -0.2) is 45.4 Å². The number of aromatic nitrogens is 2. The standard InChI is InChI=1S/C15H23F3N4O/c1-9-7-11(20-22(9)14(2,3)4)13(23)21-8-10(19)5-6-12(21)15(16,17)18/h7,10,12H,5-6,8,19H2,1-4H3/t10-,12-/m1/s1. The predicted molar refractivity (Wildman–Crippen MR) is 80.0 cm³/mol. The van der Waals surface area contributed by atoms with Crippen molar-refractivity contribution in [1.82, 2.24) is 14.7 Å². The van der Waals surface area contributed by atoms with Crippen LogP contribution in [0.5, 0.6) is 0 Å². The van der Waals surface area contributed by atoms with Gasteiger partial charge in [0.2, 0.25) is 0 Å². The predicted octanol–water partition coefficient (Wildman–Crippen LogP) is 2.44. The van der Waals surface area contributed by atoms with Gasteiger partial charge in [-0.25, -0.2) is 0 Å². The molecule has 0 aliphatic carbocycles. The Labute approximate surface area is 133 Å². The average Bonchev–Trinajstić information content (AvgIpc) is 2.78. The van der Waals surface area contributed by atoms with Gasteiger partial charge in [-0.3, -0.25) is 9.48 Å². The van der Waals surface area contributed by atoms with Gasteiger partial charge < -0.3 is 10.6 Å². The molecular formula is C15H23F3N4O. The van der Waals surface area contributed by atoms with Crippen LogP contribution in [0.25, 0.3) is 0 Å². The highest BCUT2D eigenvalue weighted by Gasteiger charge is 2.48. The van der Waals surface area contributed by atoms with Crippen molar-refractivity contribution in [2.24, 2.45) is 5.73 Å². The molecule has 2 heterocycles. The summed E-state index contributed by atoms with van der Waals surface area (Å²) in [6.07, 6.45) is -4.38. The molecule has 1 aliphatic heterocycles. The number of likely N-dealkylation sites (tertiary alicyclic amines) is 1. The summed E-state index contributed by atoms with van der Waals surface area (Å²) in [5.41, 5.74) is 6.16. The molecule has 0 unspecified atom stereocenters. The number of hydrogen-bond donors (Lipinski definition) is 1. The van der Waals surface area contributed by atoms with E-state index in [1.165, 1.54) is 6.07 Å². The number of halogens is 3. The minimum absolute atomic E-state index is 0.0285. The molecule has 1 aliphatic rings. The molecule has 2 rings (SSSR count). The van der Waals surface area contributed by atoms with E-state index in [0.717, 1.165) is 10.6 Å². The Balaban J connectivity index is 2.34. The van der Waals surface area contributed by atoms with Gasteiger partial charge in [0.25, 0.3) is 5.91 Å². The molecule has 5 nitrogen and oxygen atoms in total. The van der Waals surface area contributed by atoms with E-state index in [0.29, 0.717) is 0 Å². The van der Waals surface area contributed by atoms with Crippen LogP contribution in [0.3, 0.4) is 0 Å². The number of aryl methyl sites for hydroxylation is 1. The van der Waals surface area contributed by atoms with Crippen LogP contribution in [0, 0.1) is 6.92 Å². The Kier molecular flexibility index (Phi) is 4.49. The normalized spacial score (nSPS) is 23.2. The molecule has 130 valence electrons. The highest BCUT2D eigenvalue weighted by atomic mass is 19.4. The lowest BCUT2D eigenvalue weighted by molar-refractivity contribution is -0.184. The summed E-state index contributed by atoms with van der Waals surface area (Å²) in [5.74, 6) is -0.714. The number of rotatable bonds is 1. The zero-order valence-electron chi connectivity index (χ0n) is 13.8. The molecule has 23 heavy (non-hydrogen) atoms. The first-order valence-corrected chi connectivity index (χ1v) is 7.61. The van der Waals surface area contributed by atoms with Crippen LogP contribution in [0.1, 0.15) is 49.8 Å². The first kappa shape index (κ1) is 17.8. The SMILES string of the molecule is Cc1cc(C(=O)N2C[C@H](N)CC[C@@H]2C(F)(F)F)nn1C(C)(C)C. The topological polar surface area (TPSA) is 64.2 Å². The maximum Gasteiger partial charge on any atom is 0.408 e. The van der Waals surface area contributed by atoms with Crippen LogP contribution in [0.15, 0.2) is 6.07 Å². The van der Waals surface area contributed by atoms with Crippen molar-refractivity contribution in [1.29, 1.82) is 0 Å². The lowest BCUT2D eigenvalue weighted by atomic mass is 9.98. The lowest BCUT2D eigenvalue weighted by Gasteiger charge is -2.38. The first-order chi connectivity index (χ1) is 10.4. The Morgan fingerprint density at radius 3 is 2.39 bits per heavy atom. The van der Waals surface area contributed by atoms with E-state index in [4.69, 9.17) is 5.73 Å². The van der Waals surface area contributed by atoms with Crippen molar-refractivity contribution in [2.45, 2.75) is 64.3 Å². The molecule has 0 saturated carbocycles. The monoisotopic (exact) mass is 332 g/mol. The summed E-state index contributed by atoms with van der Waals surface area (Å²) in [4.78, 5) is 13.4. The van der Waals surface area contributed by atoms with Gasteiger partial charge in [-0.1, -0.05) is 0 Å². The zero-order chi connectivity index (χ0) is 17.6. The molecule has 8 heteroatoms. The number of nitrogens with two attached hydrogens (primary N) is 1. The summed E-state index contributed by atoms with van der Waals surface area (Å²) in [5, 5.41) is 4.22. The third-order valence-electron chi connectivity index (χ3n) is 4.00. The lowest BCUT2D eigenvalue weighted by Crippen LogP contribution is -2.56. The number of carbonyl (C=O) groups excluding carboxylic acids is 1. The molecule has 0 bridgehead atoms. The maximum absolute atomic E-state index is 13.2. The molecule has 2 atom stereocenters. The Morgan fingerprint density at radius 1 is 1.30 bits per heavy atom. The summed E-state index contributed by atoms with van der Waals surface area (Å²) >= 11 is 0. The van der Waals surface area contributed by atoms with Crippen LogP contribution < -0.4 is 5.73 Å². The minimum atomic E-state index is -4.46. The largest absolute Gasteiger partial charge is 0.408 e. The van der Waals surface area contributed by atoms with E-state index in [9.17, 15) is 18.0 Å². The first-order valence-electron chi connectivity index (χ1n) is 7.61. The number of piperidine rings is 1. The van der Waals surface area contributed by atoms with Gasteiger partial charge in [-0.05, 0) is 46.6 Å². The van der Waals surface area contributed by atoms with Crippen molar-refractivity contribution in [2.75, 3.05) is 6.54 Å². The van der Waals surface area contributed by atoms with Gasteiger partial charge >= 0.3 is 6.18 Å². The molecule has 0 radical (unpaired) electrons. The smallest absolute Gasteiger partial charge is 0.326 e. The number of hydrogen-bond acceptors (Lipinski definition) is 3. The van der Waals surface area contributed by atoms with E-state index >= 15 is 0 Å². The van der Waals surface area contributed by atoms with Crippen molar-refractivity contribution < 1.29 is 18.0 Å². The summed E-state index contributed by atoms with van der Waals surface area (Å²) in [7, 11) is 0. The number of nitrogens with zero attached hydrogens (tertiary/aromatic N) is 3. The van der Waals surface area contributed by atoms with Crippen molar-refractivity contribution in [3.05, 3.63) is 17.5 Å². The second kappa shape index (κ2) is 5.81. The van der Waals surface area contributed by atoms with Gasteiger partial charge in [0.1, 0.15) is 6.04 Å². The molecule has 1 fully saturated rings. The van der Waals surface area contributed by atoms with Crippen LogP contribution >= 0.6 is 0 Å². The van der Waals surface area contributed by atoms with Crippen LogP contribution in [-0.2, 0) is 5.54 Å². The second-order valence-electron chi connectivity index (χ2n) is 7.11. The minimum Gasteiger partial charge on any atom is -0.326 e. The van der Waals surface area contributed by atoms with Crippen LogP contribution in [0.2, 0.25) is 0 Å². The average molecular weight is 332 g/mol. The number of carbonyl (C=O) groups is 1. The van der Waals surface area contributed by atoms with E-state index in [1.54, 1.807) is 11.6 Å². The Hall–Kier alpha value is -1.57. The van der Waals surface area contributed by atoms with E-state index < -0.39 is 24.2 Å². The molecule has 1 amide bonds. The van der Waals surface area contributed by atoms with Crippen molar-refractivity contribution in [3.63, 3.8) is 0 Å². The van der Waals surface area contributed by atoms with Gasteiger partial charge in [-0.15, -0.1) is 0 Å². The summed E-state index contributed by atoms with van der Waals surface area (Å²) in [6, 6.07) is -0.709. The fourth-order valence-electron chi connectivity index (χ4n) is 2.97. The molecule has 0 aromatic carbocycles. The van der Waals surface area contributed by atoms with E-state index in [2.05, 4.69) is 5.10 Å². The van der Waals surface area contributed by atoms with Gasteiger partial charge in [-0.2, -0.15) is 18.3 Å². The van der Waals surface area contributed by atoms with E-state index in [1.807, 2.05) is 20.8 Å². The third-order valence-corrected chi connectivity index (χ3v) is 4.00. The fraction of sp³-hybridized carbons (Fsp3) is 0.733. The highest BCUT2D eigenvalue weighted by Crippen LogP contribution is 2.32. The second-order valence-corrected chi connectivity index (χ2v) is 7.11.